The molecule has 2 fully saturated rings. The summed E-state index contributed by atoms with van der Waals surface area (Å²) < 4.78 is 26.0. The Kier molecular flexibility index (Phi) is 7.83. The van der Waals surface area contributed by atoms with E-state index in [2.05, 4.69) is 20.9 Å². The SMILES string of the molecule is COc1cc(C2NC(C)=C(C(=O)NC3CCC(NC(=O)C(C)O)CC3)c3[nH]ccc32)c(OCC2CC2)cc1F. The molecule has 2 atom stereocenters. The van der Waals surface area contributed by atoms with Crippen LogP contribution in [0.3, 0.4) is 0 Å². The number of carbonyl (C=O) groups is 2. The number of halogens is 1. The molecule has 2 saturated carbocycles. The number of fused-ring (bicyclic) bond motifs is 1. The molecule has 0 saturated heterocycles. The Bertz CT molecular complexity index is 1260. The minimum atomic E-state index is -1.04. The Morgan fingerprint density at radius 2 is 1.77 bits per heavy atom. The summed E-state index contributed by atoms with van der Waals surface area (Å²) >= 11 is 0. The van der Waals surface area contributed by atoms with Gasteiger partial charge in [-0.2, -0.15) is 0 Å². The molecule has 2 aromatic rings. The molecule has 1 aromatic heterocycles. The molecule has 0 spiro atoms. The lowest BCUT2D eigenvalue weighted by atomic mass is 9.89. The molecule has 5 rings (SSSR count). The number of H-pyrrole nitrogens is 1. The van der Waals surface area contributed by atoms with Crippen molar-refractivity contribution in [2.45, 2.75) is 76.6 Å². The number of hydrogen-bond acceptors (Lipinski definition) is 6. The summed E-state index contributed by atoms with van der Waals surface area (Å²) in [6.45, 7) is 3.85. The summed E-state index contributed by atoms with van der Waals surface area (Å²) in [6.07, 6.45) is 5.92. The summed E-state index contributed by atoms with van der Waals surface area (Å²) in [7, 11) is 1.44. The number of methoxy groups -OCH3 is 1. The van der Waals surface area contributed by atoms with Crippen LogP contribution in [0.1, 0.15) is 75.2 Å². The van der Waals surface area contributed by atoms with Gasteiger partial charge in [0.15, 0.2) is 11.6 Å². The average Bonchev–Trinajstić information content (AvgIpc) is 3.62. The van der Waals surface area contributed by atoms with Crippen molar-refractivity contribution < 1.29 is 28.6 Å². The second-order valence-corrected chi connectivity index (χ2v) is 10.9. The first-order valence-corrected chi connectivity index (χ1v) is 13.7. The first-order valence-electron chi connectivity index (χ1n) is 13.7. The fourth-order valence-corrected chi connectivity index (χ4v) is 5.43. The molecule has 2 aliphatic carbocycles. The van der Waals surface area contributed by atoms with Crippen molar-refractivity contribution in [2.24, 2.45) is 5.92 Å². The predicted octanol–water partition coefficient (Wildman–Crippen LogP) is 3.30. The number of rotatable bonds is 9. The number of benzene rings is 1. The average molecular weight is 541 g/mol. The van der Waals surface area contributed by atoms with Crippen LogP contribution < -0.4 is 25.4 Å². The summed E-state index contributed by atoms with van der Waals surface area (Å²) in [5.41, 5.74) is 3.54. The van der Waals surface area contributed by atoms with E-state index < -0.39 is 11.9 Å². The summed E-state index contributed by atoms with van der Waals surface area (Å²) in [5, 5.41) is 18.9. The third-order valence-corrected chi connectivity index (χ3v) is 7.86. The normalized spacial score (nSPS) is 23.4. The molecule has 2 heterocycles. The van der Waals surface area contributed by atoms with E-state index in [-0.39, 0.29) is 35.7 Å². The molecule has 10 heteroatoms. The topological polar surface area (TPSA) is 125 Å². The maximum Gasteiger partial charge on any atom is 0.255 e. The zero-order valence-electron chi connectivity index (χ0n) is 22.6. The van der Waals surface area contributed by atoms with E-state index >= 15 is 0 Å². The smallest absolute Gasteiger partial charge is 0.255 e. The Balaban J connectivity index is 1.32. The van der Waals surface area contributed by atoms with Gasteiger partial charge in [0.25, 0.3) is 5.91 Å². The summed E-state index contributed by atoms with van der Waals surface area (Å²) in [4.78, 5) is 28.5. The number of hydrogen-bond donors (Lipinski definition) is 5. The molecule has 1 aromatic carbocycles. The summed E-state index contributed by atoms with van der Waals surface area (Å²) in [6, 6.07) is 4.59. The maximum absolute atomic E-state index is 14.6. The molecule has 2 unspecified atom stereocenters. The molecule has 1 aliphatic heterocycles. The number of aliphatic hydroxyl groups is 1. The number of aliphatic hydroxyl groups excluding tert-OH is 1. The van der Waals surface area contributed by atoms with Crippen molar-refractivity contribution in [1.29, 1.82) is 0 Å². The van der Waals surface area contributed by atoms with Gasteiger partial charge in [-0.3, -0.25) is 9.59 Å². The third-order valence-electron chi connectivity index (χ3n) is 7.86. The van der Waals surface area contributed by atoms with Crippen molar-refractivity contribution in [1.82, 2.24) is 20.9 Å². The van der Waals surface area contributed by atoms with Crippen LogP contribution in [-0.4, -0.2) is 53.8 Å². The molecule has 5 N–H and O–H groups in total. The van der Waals surface area contributed by atoms with Crippen molar-refractivity contribution in [3.63, 3.8) is 0 Å². The highest BCUT2D eigenvalue weighted by Gasteiger charge is 2.34. The fourth-order valence-electron chi connectivity index (χ4n) is 5.43. The molecule has 2 amide bonds. The third kappa shape index (κ3) is 5.90. The number of amides is 2. The quantitative estimate of drug-likeness (QED) is 0.333. The second-order valence-electron chi connectivity index (χ2n) is 10.9. The van der Waals surface area contributed by atoms with E-state index in [1.165, 1.54) is 20.1 Å². The van der Waals surface area contributed by atoms with Crippen molar-refractivity contribution in [3.05, 3.63) is 52.7 Å². The van der Waals surface area contributed by atoms with Crippen LogP contribution >= 0.6 is 0 Å². The number of ether oxygens (including phenoxy) is 2. The highest BCUT2D eigenvalue weighted by molar-refractivity contribution is 6.20. The molecule has 39 heavy (non-hydrogen) atoms. The maximum atomic E-state index is 14.6. The minimum absolute atomic E-state index is 0.00245. The monoisotopic (exact) mass is 540 g/mol. The summed E-state index contributed by atoms with van der Waals surface area (Å²) in [5.74, 6) is 0.0695. The van der Waals surface area contributed by atoms with Gasteiger partial charge in [-0.25, -0.2) is 4.39 Å². The molecular weight excluding hydrogens is 503 g/mol. The van der Waals surface area contributed by atoms with Gasteiger partial charge in [-0.05, 0) is 70.4 Å². The van der Waals surface area contributed by atoms with Crippen LogP contribution in [0.15, 0.2) is 30.1 Å². The standard InChI is InChI=1S/C29H37FN4O5/c1-15-25(29(37)34-19-8-6-18(7-9-19)33-28(36)16(2)35)27-20(10-11-31-27)26(32-15)21-12-24(38-3)22(30)13-23(21)39-14-17-4-5-17/h10-13,16-19,26,31-32,35H,4-9,14H2,1-3H3,(H,33,36)(H,34,37). The highest BCUT2D eigenvalue weighted by Crippen LogP contribution is 2.42. The molecule has 9 nitrogen and oxygen atoms in total. The Hall–Kier alpha value is -3.53. The fraction of sp³-hybridized carbons (Fsp3) is 0.517. The second kappa shape index (κ2) is 11.3. The van der Waals surface area contributed by atoms with Crippen LogP contribution in [-0.2, 0) is 9.59 Å². The van der Waals surface area contributed by atoms with Gasteiger partial charge >= 0.3 is 0 Å². The van der Waals surface area contributed by atoms with Crippen LogP contribution in [0.4, 0.5) is 4.39 Å². The van der Waals surface area contributed by atoms with E-state index in [4.69, 9.17) is 9.47 Å². The van der Waals surface area contributed by atoms with Gasteiger partial charge in [0.1, 0.15) is 11.9 Å². The van der Waals surface area contributed by atoms with E-state index in [1.54, 1.807) is 12.3 Å². The van der Waals surface area contributed by atoms with E-state index in [9.17, 15) is 19.1 Å². The zero-order valence-corrected chi connectivity index (χ0v) is 22.6. The van der Waals surface area contributed by atoms with Crippen molar-refractivity contribution in [3.8, 4) is 11.5 Å². The highest BCUT2D eigenvalue weighted by atomic mass is 19.1. The van der Waals surface area contributed by atoms with Crippen LogP contribution in [0.5, 0.6) is 11.5 Å². The van der Waals surface area contributed by atoms with Gasteiger partial charge in [0.2, 0.25) is 5.91 Å². The number of aromatic nitrogens is 1. The number of nitrogens with one attached hydrogen (secondary N) is 4. The van der Waals surface area contributed by atoms with Crippen LogP contribution in [0, 0.1) is 11.7 Å². The number of aromatic amines is 1. The van der Waals surface area contributed by atoms with Crippen LogP contribution in [0.2, 0.25) is 0 Å². The van der Waals surface area contributed by atoms with E-state index in [0.717, 1.165) is 49.7 Å². The zero-order chi connectivity index (χ0) is 27.7. The Morgan fingerprint density at radius 1 is 1.08 bits per heavy atom. The van der Waals surface area contributed by atoms with Gasteiger partial charge in [0, 0.05) is 41.2 Å². The molecule has 0 radical (unpaired) electrons. The van der Waals surface area contributed by atoms with Gasteiger partial charge in [-0.15, -0.1) is 0 Å². The predicted molar refractivity (Wildman–Crippen MR) is 144 cm³/mol. The lowest BCUT2D eigenvalue weighted by Crippen LogP contribution is -2.46. The van der Waals surface area contributed by atoms with Crippen molar-refractivity contribution in [2.75, 3.05) is 13.7 Å². The van der Waals surface area contributed by atoms with Crippen molar-refractivity contribution >= 4 is 17.4 Å². The van der Waals surface area contributed by atoms with Gasteiger partial charge in [-0.1, -0.05) is 0 Å². The number of carbonyl (C=O) groups excluding carboxylic acids is 2. The lowest BCUT2D eigenvalue weighted by molar-refractivity contribution is -0.129. The minimum Gasteiger partial charge on any atom is -0.494 e. The van der Waals surface area contributed by atoms with Gasteiger partial charge in [0.05, 0.1) is 31.0 Å². The number of allylic oxidation sites excluding steroid dienone is 1. The molecule has 0 bridgehead atoms. The van der Waals surface area contributed by atoms with Gasteiger partial charge < -0.3 is 35.5 Å². The Labute approximate surface area is 227 Å². The molecular formula is C29H37FN4O5. The first-order chi connectivity index (χ1) is 18.7. The largest absolute Gasteiger partial charge is 0.494 e. The van der Waals surface area contributed by atoms with E-state index in [0.29, 0.717) is 35.2 Å². The molecule has 3 aliphatic rings. The Morgan fingerprint density at radius 3 is 2.41 bits per heavy atom. The first kappa shape index (κ1) is 27.1. The molecule has 210 valence electrons. The van der Waals surface area contributed by atoms with E-state index in [1.807, 2.05) is 13.0 Å². The lowest BCUT2D eigenvalue weighted by Gasteiger charge is -2.32. The van der Waals surface area contributed by atoms with Crippen LogP contribution in [0.25, 0.3) is 5.57 Å².